The first-order valence-electron chi connectivity index (χ1n) is 11.0. The van der Waals surface area contributed by atoms with Gasteiger partial charge in [-0.05, 0) is 37.3 Å². The number of nitrogens with one attached hydrogen (secondary N) is 1. The Labute approximate surface area is 183 Å². The molecule has 166 valence electrons. The van der Waals surface area contributed by atoms with E-state index >= 15 is 0 Å². The number of fused-ring (bicyclic) bond motifs is 1. The summed E-state index contributed by atoms with van der Waals surface area (Å²) in [6.45, 7) is 5.59. The van der Waals surface area contributed by atoms with Gasteiger partial charge in [0.15, 0.2) is 5.82 Å². The zero-order valence-electron chi connectivity index (χ0n) is 18.3. The van der Waals surface area contributed by atoms with Gasteiger partial charge in [0.05, 0.1) is 19.1 Å². The van der Waals surface area contributed by atoms with Crippen molar-refractivity contribution >= 4 is 17.6 Å². The maximum absolute atomic E-state index is 13.0. The van der Waals surface area contributed by atoms with Gasteiger partial charge in [-0.25, -0.2) is 0 Å². The van der Waals surface area contributed by atoms with E-state index in [0.29, 0.717) is 24.7 Å². The standard InChI is InChI=1S/C23H31N5O3/c1-17-14-21(25-31-17)24-22(29)15-27-10-12-28(13-11-27)16-23(30)26(2)20-9-5-7-18-6-3-4-8-19(18)20/h3-4,6,8,14,20H,5,7,9-13,15-16H2,1-2H3,(H,24,25,29). The van der Waals surface area contributed by atoms with Crippen LogP contribution in [0.25, 0.3) is 0 Å². The topological polar surface area (TPSA) is 81.9 Å². The summed E-state index contributed by atoms with van der Waals surface area (Å²) in [4.78, 5) is 31.4. The average Bonchev–Trinajstić information content (AvgIpc) is 3.18. The second-order valence-corrected chi connectivity index (χ2v) is 8.53. The van der Waals surface area contributed by atoms with E-state index in [2.05, 4.69) is 44.5 Å². The number of piperazine rings is 1. The quantitative estimate of drug-likeness (QED) is 0.763. The van der Waals surface area contributed by atoms with Crippen molar-refractivity contribution in [3.63, 3.8) is 0 Å². The van der Waals surface area contributed by atoms with Crippen LogP contribution < -0.4 is 5.32 Å². The zero-order chi connectivity index (χ0) is 21.8. The lowest BCUT2D eigenvalue weighted by molar-refractivity contribution is -0.134. The summed E-state index contributed by atoms with van der Waals surface area (Å²) in [5, 5.41) is 6.54. The number of rotatable bonds is 6. The fourth-order valence-corrected chi connectivity index (χ4v) is 4.52. The van der Waals surface area contributed by atoms with E-state index in [-0.39, 0.29) is 17.9 Å². The molecule has 1 aromatic carbocycles. The fourth-order valence-electron chi connectivity index (χ4n) is 4.52. The highest BCUT2D eigenvalue weighted by Gasteiger charge is 2.28. The Hall–Kier alpha value is -2.71. The van der Waals surface area contributed by atoms with Gasteiger partial charge in [0.1, 0.15) is 5.76 Å². The highest BCUT2D eigenvalue weighted by Crippen LogP contribution is 2.33. The van der Waals surface area contributed by atoms with Gasteiger partial charge in [-0.2, -0.15) is 0 Å². The lowest BCUT2D eigenvalue weighted by atomic mass is 9.87. The van der Waals surface area contributed by atoms with Crippen molar-refractivity contribution in [3.05, 3.63) is 47.2 Å². The lowest BCUT2D eigenvalue weighted by Crippen LogP contribution is -2.51. The van der Waals surface area contributed by atoms with Gasteiger partial charge in [0.25, 0.3) is 0 Å². The molecule has 4 rings (SSSR count). The first-order valence-corrected chi connectivity index (χ1v) is 11.0. The molecule has 2 aliphatic rings. The van der Waals surface area contributed by atoms with Crippen LogP contribution in [0.1, 0.15) is 35.8 Å². The van der Waals surface area contributed by atoms with E-state index < -0.39 is 0 Å². The number of hydrogen-bond donors (Lipinski definition) is 1. The third-order valence-electron chi connectivity index (χ3n) is 6.29. The molecule has 8 nitrogen and oxygen atoms in total. The zero-order valence-corrected chi connectivity index (χ0v) is 18.3. The molecular weight excluding hydrogens is 394 g/mol. The second-order valence-electron chi connectivity index (χ2n) is 8.53. The summed E-state index contributed by atoms with van der Waals surface area (Å²) >= 11 is 0. The molecule has 1 atom stereocenters. The molecule has 8 heteroatoms. The number of carbonyl (C=O) groups is 2. The molecule has 0 spiro atoms. The van der Waals surface area contributed by atoms with Crippen LogP contribution in [0.5, 0.6) is 0 Å². The van der Waals surface area contributed by atoms with Crippen molar-refractivity contribution in [2.75, 3.05) is 51.6 Å². The van der Waals surface area contributed by atoms with E-state index in [1.807, 2.05) is 11.9 Å². The van der Waals surface area contributed by atoms with E-state index in [9.17, 15) is 9.59 Å². The fraction of sp³-hybridized carbons (Fsp3) is 0.522. The Bertz CT molecular complexity index is 919. The molecule has 1 fully saturated rings. The molecule has 1 saturated heterocycles. The van der Waals surface area contributed by atoms with Crippen LogP contribution in [0.2, 0.25) is 0 Å². The number of amides is 2. The Morgan fingerprint density at radius 1 is 1.16 bits per heavy atom. The van der Waals surface area contributed by atoms with E-state index in [1.54, 1.807) is 13.0 Å². The van der Waals surface area contributed by atoms with Crippen molar-refractivity contribution in [3.8, 4) is 0 Å². The van der Waals surface area contributed by atoms with Crippen LogP contribution in [-0.2, 0) is 16.0 Å². The monoisotopic (exact) mass is 425 g/mol. The van der Waals surface area contributed by atoms with Crippen molar-refractivity contribution in [2.45, 2.75) is 32.2 Å². The normalized spacial score (nSPS) is 19.6. The molecule has 2 heterocycles. The van der Waals surface area contributed by atoms with Crippen LogP contribution in [-0.4, -0.2) is 78.0 Å². The van der Waals surface area contributed by atoms with E-state index in [1.165, 1.54) is 11.1 Å². The number of hydrogen-bond acceptors (Lipinski definition) is 6. The van der Waals surface area contributed by atoms with Gasteiger partial charge < -0.3 is 14.7 Å². The van der Waals surface area contributed by atoms with Gasteiger partial charge in [0, 0.05) is 39.3 Å². The lowest BCUT2D eigenvalue weighted by Gasteiger charge is -2.37. The highest BCUT2D eigenvalue weighted by atomic mass is 16.5. The molecule has 0 saturated carbocycles. The smallest absolute Gasteiger partial charge is 0.239 e. The molecule has 1 unspecified atom stereocenters. The van der Waals surface area contributed by atoms with Gasteiger partial charge in [-0.15, -0.1) is 0 Å². The van der Waals surface area contributed by atoms with Crippen LogP contribution >= 0.6 is 0 Å². The number of nitrogens with zero attached hydrogens (tertiary/aromatic N) is 4. The van der Waals surface area contributed by atoms with Gasteiger partial charge in [-0.1, -0.05) is 29.4 Å². The van der Waals surface area contributed by atoms with Crippen molar-refractivity contribution in [1.29, 1.82) is 0 Å². The highest BCUT2D eigenvalue weighted by molar-refractivity contribution is 5.91. The first-order chi connectivity index (χ1) is 15.0. The van der Waals surface area contributed by atoms with E-state index in [0.717, 1.165) is 45.4 Å². The Balaban J connectivity index is 1.23. The number of carbonyl (C=O) groups excluding carboxylic acids is 2. The SMILES string of the molecule is Cc1cc(NC(=O)CN2CCN(CC(=O)N(C)C3CCCc4ccccc43)CC2)no1. The summed E-state index contributed by atoms with van der Waals surface area (Å²) in [5.74, 6) is 1.16. The largest absolute Gasteiger partial charge is 0.360 e. The van der Waals surface area contributed by atoms with Gasteiger partial charge >= 0.3 is 0 Å². The molecular formula is C23H31N5O3. The predicted octanol–water partition coefficient (Wildman–Crippen LogP) is 2.08. The summed E-state index contributed by atoms with van der Waals surface area (Å²) in [5.41, 5.74) is 2.66. The maximum atomic E-state index is 13.0. The Morgan fingerprint density at radius 2 is 1.87 bits per heavy atom. The van der Waals surface area contributed by atoms with Gasteiger partial charge in [-0.3, -0.25) is 19.4 Å². The molecule has 31 heavy (non-hydrogen) atoms. The molecule has 2 aromatic rings. The minimum Gasteiger partial charge on any atom is -0.360 e. The minimum absolute atomic E-state index is 0.103. The Kier molecular flexibility index (Phi) is 6.67. The molecule has 1 N–H and O–H groups in total. The molecule has 0 radical (unpaired) electrons. The Morgan fingerprint density at radius 3 is 2.58 bits per heavy atom. The number of anilines is 1. The molecule has 0 bridgehead atoms. The summed E-state index contributed by atoms with van der Waals surface area (Å²) in [6.07, 6.45) is 3.24. The third-order valence-corrected chi connectivity index (χ3v) is 6.29. The summed E-state index contributed by atoms with van der Waals surface area (Å²) < 4.78 is 4.97. The number of aryl methyl sites for hydroxylation is 2. The van der Waals surface area contributed by atoms with Crippen LogP contribution in [0, 0.1) is 6.92 Å². The van der Waals surface area contributed by atoms with E-state index in [4.69, 9.17) is 4.52 Å². The molecule has 1 aliphatic heterocycles. The number of aromatic nitrogens is 1. The third kappa shape index (κ3) is 5.32. The van der Waals surface area contributed by atoms with Crippen LogP contribution in [0.15, 0.2) is 34.9 Å². The van der Waals surface area contributed by atoms with Crippen molar-refractivity contribution in [2.24, 2.45) is 0 Å². The predicted molar refractivity (Wildman–Crippen MR) is 118 cm³/mol. The van der Waals surface area contributed by atoms with Gasteiger partial charge in [0.2, 0.25) is 11.8 Å². The first kappa shape index (κ1) is 21.5. The number of benzene rings is 1. The second kappa shape index (κ2) is 9.62. The van der Waals surface area contributed by atoms with Crippen molar-refractivity contribution in [1.82, 2.24) is 19.9 Å². The summed E-state index contributed by atoms with van der Waals surface area (Å²) in [7, 11) is 1.93. The summed E-state index contributed by atoms with van der Waals surface area (Å²) in [6, 6.07) is 10.3. The molecule has 2 amide bonds. The molecule has 1 aliphatic carbocycles. The number of likely N-dealkylation sites (N-methyl/N-ethyl adjacent to an activating group) is 1. The average molecular weight is 426 g/mol. The van der Waals surface area contributed by atoms with Crippen LogP contribution in [0.4, 0.5) is 5.82 Å². The van der Waals surface area contributed by atoms with Crippen LogP contribution in [0.3, 0.4) is 0 Å². The molecule has 1 aromatic heterocycles. The maximum Gasteiger partial charge on any atom is 0.239 e. The van der Waals surface area contributed by atoms with Crippen molar-refractivity contribution < 1.29 is 14.1 Å². The minimum atomic E-state index is -0.103.